The lowest BCUT2D eigenvalue weighted by molar-refractivity contribution is 1.38. The van der Waals surface area contributed by atoms with Gasteiger partial charge in [0.15, 0.2) is 0 Å². The summed E-state index contributed by atoms with van der Waals surface area (Å²) < 4.78 is 0. The molecule has 0 fully saturated rings. The van der Waals surface area contributed by atoms with Crippen LogP contribution in [-0.4, -0.2) is 0 Å². The van der Waals surface area contributed by atoms with Crippen molar-refractivity contribution in [2.24, 2.45) is 0 Å². The summed E-state index contributed by atoms with van der Waals surface area (Å²) >= 11 is 5.89. The fourth-order valence-corrected chi connectivity index (χ4v) is 2.11. The zero-order valence-corrected chi connectivity index (χ0v) is 10.2. The molecule has 16 heavy (non-hydrogen) atoms. The Morgan fingerprint density at radius 1 is 0.938 bits per heavy atom. The Balaban J connectivity index is 2.58. The first-order chi connectivity index (χ1) is 7.56. The third-order valence-corrected chi connectivity index (χ3v) is 2.78. The van der Waals surface area contributed by atoms with Crippen LogP contribution in [0, 0.1) is 13.8 Å². The van der Waals surface area contributed by atoms with Gasteiger partial charge in [0.2, 0.25) is 0 Å². The van der Waals surface area contributed by atoms with Gasteiger partial charge in [-0.15, -0.1) is 0 Å². The maximum atomic E-state index is 5.97. The van der Waals surface area contributed by atoms with Crippen LogP contribution in [-0.2, 0) is 0 Å². The minimum atomic E-state index is 0.672. The number of halogens is 1. The molecular formula is C14H14ClN. The maximum absolute atomic E-state index is 5.97. The molecule has 0 saturated heterocycles. The molecule has 0 unspecified atom stereocenters. The van der Waals surface area contributed by atoms with E-state index in [0.29, 0.717) is 5.02 Å². The van der Waals surface area contributed by atoms with Crippen LogP contribution in [0.4, 0.5) is 5.69 Å². The molecule has 1 nitrogen and oxygen atoms in total. The van der Waals surface area contributed by atoms with Crippen molar-refractivity contribution < 1.29 is 0 Å². The van der Waals surface area contributed by atoms with E-state index in [1.54, 1.807) is 6.07 Å². The van der Waals surface area contributed by atoms with Crippen LogP contribution in [0.2, 0.25) is 5.02 Å². The molecule has 0 aromatic heterocycles. The van der Waals surface area contributed by atoms with E-state index >= 15 is 0 Å². The van der Waals surface area contributed by atoms with Gasteiger partial charge in [0.25, 0.3) is 0 Å². The normalized spacial score (nSPS) is 10.4. The molecule has 2 N–H and O–H groups in total. The number of aryl methyl sites for hydroxylation is 2. The Bertz CT molecular complexity index is 512. The Morgan fingerprint density at radius 3 is 2.12 bits per heavy atom. The molecule has 2 rings (SSSR count). The van der Waals surface area contributed by atoms with Crippen molar-refractivity contribution in [3.63, 3.8) is 0 Å². The molecule has 0 spiro atoms. The predicted molar refractivity (Wildman–Crippen MR) is 70.8 cm³/mol. The van der Waals surface area contributed by atoms with Crippen LogP contribution in [0.25, 0.3) is 11.1 Å². The first-order valence-corrected chi connectivity index (χ1v) is 5.58. The van der Waals surface area contributed by atoms with Crippen LogP contribution in [0.1, 0.15) is 11.1 Å². The van der Waals surface area contributed by atoms with Gasteiger partial charge in [0, 0.05) is 16.3 Å². The second kappa shape index (κ2) is 4.18. The van der Waals surface area contributed by atoms with Gasteiger partial charge in [0.1, 0.15) is 0 Å². The van der Waals surface area contributed by atoms with Gasteiger partial charge in [-0.25, -0.2) is 0 Å². The SMILES string of the molecule is Cc1cc(C)cc(-c2ccc(Cl)cc2N)c1. The quantitative estimate of drug-likeness (QED) is 0.732. The highest BCUT2D eigenvalue weighted by Gasteiger charge is 2.04. The average Bonchev–Trinajstić information content (AvgIpc) is 2.15. The highest BCUT2D eigenvalue weighted by molar-refractivity contribution is 6.31. The Labute approximate surface area is 101 Å². The topological polar surface area (TPSA) is 26.0 Å². The summed E-state index contributed by atoms with van der Waals surface area (Å²) in [5.41, 5.74) is 11.4. The van der Waals surface area contributed by atoms with E-state index in [1.807, 2.05) is 12.1 Å². The van der Waals surface area contributed by atoms with Gasteiger partial charge < -0.3 is 5.73 Å². The van der Waals surface area contributed by atoms with Gasteiger partial charge >= 0.3 is 0 Å². The van der Waals surface area contributed by atoms with Gasteiger partial charge in [-0.05, 0) is 31.5 Å². The average molecular weight is 232 g/mol. The van der Waals surface area contributed by atoms with E-state index in [2.05, 4.69) is 32.0 Å². The largest absolute Gasteiger partial charge is 0.398 e. The van der Waals surface area contributed by atoms with E-state index in [1.165, 1.54) is 11.1 Å². The minimum absolute atomic E-state index is 0.672. The fourth-order valence-electron chi connectivity index (χ4n) is 1.93. The summed E-state index contributed by atoms with van der Waals surface area (Å²) in [7, 11) is 0. The number of anilines is 1. The highest BCUT2D eigenvalue weighted by Crippen LogP contribution is 2.29. The van der Waals surface area contributed by atoms with Crippen molar-refractivity contribution >= 4 is 17.3 Å². The Morgan fingerprint density at radius 2 is 1.56 bits per heavy atom. The summed E-state index contributed by atoms with van der Waals surface area (Å²) in [4.78, 5) is 0. The molecule has 0 aliphatic rings. The second-order valence-electron chi connectivity index (χ2n) is 4.11. The minimum Gasteiger partial charge on any atom is -0.398 e. The van der Waals surface area contributed by atoms with Crippen molar-refractivity contribution in [3.8, 4) is 11.1 Å². The van der Waals surface area contributed by atoms with Gasteiger partial charge in [-0.1, -0.05) is 47.0 Å². The molecule has 0 bridgehead atoms. The summed E-state index contributed by atoms with van der Waals surface area (Å²) in [6.45, 7) is 4.17. The van der Waals surface area contributed by atoms with Crippen molar-refractivity contribution in [2.75, 3.05) is 5.73 Å². The fraction of sp³-hybridized carbons (Fsp3) is 0.143. The molecular weight excluding hydrogens is 218 g/mol. The van der Waals surface area contributed by atoms with Crippen LogP contribution in [0.3, 0.4) is 0 Å². The standard InChI is InChI=1S/C14H14ClN/c1-9-5-10(2)7-11(6-9)13-4-3-12(15)8-14(13)16/h3-8H,16H2,1-2H3. The van der Waals surface area contributed by atoms with E-state index in [9.17, 15) is 0 Å². The molecule has 2 aromatic carbocycles. The molecule has 2 heteroatoms. The van der Waals surface area contributed by atoms with Crippen molar-refractivity contribution in [2.45, 2.75) is 13.8 Å². The molecule has 0 atom stereocenters. The zero-order chi connectivity index (χ0) is 11.7. The Hall–Kier alpha value is -1.47. The molecule has 0 aliphatic heterocycles. The third-order valence-electron chi connectivity index (χ3n) is 2.55. The third kappa shape index (κ3) is 2.20. The number of hydrogen-bond acceptors (Lipinski definition) is 1. The highest BCUT2D eigenvalue weighted by atomic mass is 35.5. The van der Waals surface area contributed by atoms with E-state index in [-0.39, 0.29) is 0 Å². The summed E-state index contributed by atoms with van der Waals surface area (Å²) in [5.74, 6) is 0. The summed E-state index contributed by atoms with van der Waals surface area (Å²) in [6, 6.07) is 12.0. The van der Waals surface area contributed by atoms with Gasteiger partial charge in [-0.3, -0.25) is 0 Å². The molecule has 0 amide bonds. The summed E-state index contributed by atoms with van der Waals surface area (Å²) in [5, 5.41) is 0.672. The number of hydrogen-bond donors (Lipinski definition) is 1. The first kappa shape index (κ1) is 11.0. The van der Waals surface area contributed by atoms with E-state index in [4.69, 9.17) is 17.3 Å². The van der Waals surface area contributed by atoms with Crippen molar-refractivity contribution in [1.82, 2.24) is 0 Å². The maximum Gasteiger partial charge on any atom is 0.0426 e. The lowest BCUT2D eigenvalue weighted by Gasteiger charge is -2.08. The van der Waals surface area contributed by atoms with Gasteiger partial charge in [0.05, 0.1) is 0 Å². The van der Waals surface area contributed by atoms with E-state index in [0.717, 1.165) is 16.8 Å². The molecule has 0 heterocycles. The molecule has 2 aromatic rings. The molecule has 0 aliphatic carbocycles. The molecule has 0 saturated carbocycles. The number of rotatable bonds is 1. The zero-order valence-electron chi connectivity index (χ0n) is 9.42. The van der Waals surface area contributed by atoms with E-state index < -0.39 is 0 Å². The van der Waals surface area contributed by atoms with Crippen molar-refractivity contribution in [3.05, 3.63) is 52.5 Å². The monoisotopic (exact) mass is 231 g/mol. The molecule has 82 valence electrons. The Kier molecular flexibility index (Phi) is 2.88. The van der Waals surface area contributed by atoms with Crippen LogP contribution in [0.5, 0.6) is 0 Å². The first-order valence-electron chi connectivity index (χ1n) is 5.20. The lowest BCUT2D eigenvalue weighted by atomic mass is 9.99. The second-order valence-corrected chi connectivity index (χ2v) is 4.54. The number of nitrogens with two attached hydrogens (primary N) is 1. The predicted octanol–water partition coefficient (Wildman–Crippen LogP) is 4.21. The van der Waals surface area contributed by atoms with Crippen LogP contribution in [0.15, 0.2) is 36.4 Å². The van der Waals surface area contributed by atoms with Crippen LogP contribution < -0.4 is 5.73 Å². The number of nitrogen functional groups attached to an aromatic ring is 1. The summed E-state index contributed by atoms with van der Waals surface area (Å²) in [6.07, 6.45) is 0. The number of benzene rings is 2. The smallest absolute Gasteiger partial charge is 0.0426 e. The van der Waals surface area contributed by atoms with Gasteiger partial charge in [-0.2, -0.15) is 0 Å². The molecule has 0 radical (unpaired) electrons. The van der Waals surface area contributed by atoms with Crippen LogP contribution >= 0.6 is 11.6 Å². The lowest BCUT2D eigenvalue weighted by Crippen LogP contribution is -1.91. The van der Waals surface area contributed by atoms with Crippen molar-refractivity contribution in [1.29, 1.82) is 0 Å².